The molecule has 4 aromatic heterocycles. The van der Waals surface area contributed by atoms with Crippen LogP contribution in [0.15, 0.2) is 67.3 Å². The number of rotatable bonds is 7. The van der Waals surface area contributed by atoms with Crippen LogP contribution in [-0.2, 0) is 4.79 Å². The van der Waals surface area contributed by atoms with E-state index in [1.165, 1.54) is 6.08 Å². The average Bonchev–Trinajstić information content (AvgIpc) is 3.22. The summed E-state index contributed by atoms with van der Waals surface area (Å²) < 4.78 is 5.15. The number of H-pyrrole nitrogens is 1. The molecule has 0 aliphatic carbocycles. The van der Waals surface area contributed by atoms with Gasteiger partial charge in [0.05, 0.1) is 7.11 Å². The van der Waals surface area contributed by atoms with Crippen LogP contribution in [0.3, 0.4) is 0 Å². The van der Waals surface area contributed by atoms with Gasteiger partial charge in [-0.25, -0.2) is 15.0 Å². The Kier molecular flexibility index (Phi) is 6.23. The van der Waals surface area contributed by atoms with E-state index in [-0.39, 0.29) is 5.91 Å². The third kappa shape index (κ3) is 4.81. The Balaban J connectivity index is 1.60. The number of amides is 1. The Morgan fingerprint density at radius 3 is 2.69 bits per heavy atom. The fourth-order valence-electron chi connectivity index (χ4n) is 3.28. The monoisotopic (exact) mass is 428 g/mol. The number of carbonyl (C=O) groups is 1. The summed E-state index contributed by atoms with van der Waals surface area (Å²) in [6.45, 7) is 0.690. The molecule has 0 aliphatic rings. The standard InChI is InChI=1S/C24H24N6O2/c1-30(2)10-4-5-22(31)29-21-12-16(8-9-25-21)18-11-19-20(15-28-24(19)27-14-18)17-6-7-23(32-3)26-13-17/h4-9,11-15H,10H2,1-3H3,(H,27,28)(H,25,29,31)/b5-4+. The number of nitrogens with one attached hydrogen (secondary N) is 2. The summed E-state index contributed by atoms with van der Waals surface area (Å²) in [5, 5.41) is 3.78. The molecular formula is C24H24N6O2. The smallest absolute Gasteiger partial charge is 0.249 e. The van der Waals surface area contributed by atoms with Crippen LogP contribution in [0.2, 0.25) is 0 Å². The first-order valence-corrected chi connectivity index (χ1v) is 10.1. The number of nitrogens with zero attached hydrogens (tertiary/aromatic N) is 4. The molecule has 8 nitrogen and oxygen atoms in total. The van der Waals surface area contributed by atoms with E-state index in [0.29, 0.717) is 18.2 Å². The molecule has 0 aliphatic heterocycles. The summed E-state index contributed by atoms with van der Waals surface area (Å²) >= 11 is 0. The highest BCUT2D eigenvalue weighted by Gasteiger charge is 2.11. The lowest BCUT2D eigenvalue weighted by Gasteiger charge is -2.07. The van der Waals surface area contributed by atoms with Gasteiger partial charge in [0.1, 0.15) is 11.5 Å². The average molecular weight is 428 g/mol. The van der Waals surface area contributed by atoms with Gasteiger partial charge in [-0.2, -0.15) is 0 Å². The minimum Gasteiger partial charge on any atom is -0.481 e. The number of anilines is 1. The van der Waals surface area contributed by atoms with E-state index < -0.39 is 0 Å². The molecule has 32 heavy (non-hydrogen) atoms. The zero-order chi connectivity index (χ0) is 22.5. The molecule has 4 rings (SSSR count). The highest BCUT2D eigenvalue weighted by molar-refractivity contribution is 5.99. The number of carbonyl (C=O) groups excluding carboxylic acids is 1. The van der Waals surface area contributed by atoms with E-state index in [4.69, 9.17) is 4.74 Å². The highest BCUT2D eigenvalue weighted by Crippen LogP contribution is 2.31. The zero-order valence-electron chi connectivity index (χ0n) is 18.2. The Bertz CT molecular complexity index is 1260. The van der Waals surface area contributed by atoms with Crippen molar-refractivity contribution < 1.29 is 9.53 Å². The van der Waals surface area contributed by atoms with Gasteiger partial charge in [0.2, 0.25) is 11.8 Å². The molecule has 0 fully saturated rings. The first-order chi connectivity index (χ1) is 15.5. The van der Waals surface area contributed by atoms with Gasteiger partial charge in [-0.05, 0) is 43.9 Å². The van der Waals surface area contributed by atoms with Crippen LogP contribution in [0.4, 0.5) is 5.82 Å². The van der Waals surface area contributed by atoms with Crippen LogP contribution in [0.25, 0.3) is 33.3 Å². The number of pyridine rings is 3. The van der Waals surface area contributed by atoms with E-state index in [1.807, 2.05) is 49.5 Å². The molecule has 0 atom stereocenters. The summed E-state index contributed by atoms with van der Waals surface area (Å²) in [5.74, 6) is 0.830. The lowest BCUT2D eigenvalue weighted by Crippen LogP contribution is -2.13. The van der Waals surface area contributed by atoms with Crippen LogP contribution in [0.5, 0.6) is 5.88 Å². The van der Waals surface area contributed by atoms with Crippen molar-refractivity contribution in [3.8, 4) is 28.1 Å². The van der Waals surface area contributed by atoms with Gasteiger partial charge in [0, 0.05) is 65.6 Å². The molecular weight excluding hydrogens is 404 g/mol. The number of aromatic amines is 1. The number of likely N-dealkylation sites (N-methyl/N-ethyl adjacent to an activating group) is 1. The molecule has 0 spiro atoms. The van der Waals surface area contributed by atoms with Gasteiger partial charge >= 0.3 is 0 Å². The maximum absolute atomic E-state index is 12.1. The van der Waals surface area contributed by atoms with Gasteiger partial charge in [-0.15, -0.1) is 0 Å². The van der Waals surface area contributed by atoms with Crippen molar-refractivity contribution in [3.63, 3.8) is 0 Å². The minimum absolute atomic E-state index is 0.218. The second-order valence-corrected chi connectivity index (χ2v) is 7.50. The molecule has 0 aromatic carbocycles. The number of hydrogen-bond donors (Lipinski definition) is 2. The van der Waals surface area contributed by atoms with Crippen molar-refractivity contribution >= 4 is 22.8 Å². The molecule has 4 heterocycles. The summed E-state index contributed by atoms with van der Waals surface area (Å²) in [6, 6.07) is 9.58. The maximum Gasteiger partial charge on any atom is 0.249 e. The fourth-order valence-corrected chi connectivity index (χ4v) is 3.28. The number of aromatic nitrogens is 4. The van der Waals surface area contributed by atoms with E-state index in [0.717, 1.165) is 33.3 Å². The number of hydrogen-bond acceptors (Lipinski definition) is 6. The molecule has 0 saturated carbocycles. The maximum atomic E-state index is 12.1. The summed E-state index contributed by atoms with van der Waals surface area (Å²) in [4.78, 5) is 30.4. The third-order valence-corrected chi connectivity index (χ3v) is 4.87. The third-order valence-electron chi connectivity index (χ3n) is 4.87. The largest absolute Gasteiger partial charge is 0.481 e. The van der Waals surface area contributed by atoms with E-state index >= 15 is 0 Å². The van der Waals surface area contributed by atoms with E-state index in [9.17, 15) is 4.79 Å². The van der Waals surface area contributed by atoms with Crippen LogP contribution in [0, 0.1) is 0 Å². The summed E-state index contributed by atoms with van der Waals surface area (Å²) in [6.07, 6.45) is 10.5. The summed E-state index contributed by atoms with van der Waals surface area (Å²) in [7, 11) is 5.48. The molecule has 0 unspecified atom stereocenters. The SMILES string of the molecule is COc1ccc(-c2c[nH]c3ncc(-c4ccnc(NC(=O)/C=C/CN(C)C)c4)cc23)cn1. The molecule has 8 heteroatoms. The molecule has 1 amide bonds. The normalized spacial score (nSPS) is 11.4. The lowest BCUT2D eigenvalue weighted by molar-refractivity contribution is -0.111. The van der Waals surface area contributed by atoms with Gasteiger partial charge in [0.15, 0.2) is 0 Å². The van der Waals surface area contributed by atoms with Crippen LogP contribution in [0.1, 0.15) is 0 Å². The van der Waals surface area contributed by atoms with Crippen molar-refractivity contribution in [1.29, 1.82) is 0 Å². The van der Waals surface area contributed by atoms with Crippen molar-refractivity contribution in [3.05, 3.63) is 67.3 Å². The highest BCUT2D eigenvalue weighted by atomic mass is 16.5. The lowest BCUT2D eigenvalue weighted by atomic mass is 10.0. The summed E-state index contributed by atoms with van der Waals surface area (Å²) in [5.41, 5.74) is 4.57. The van der Waals surface area contributed by atoms with Crippen LogP contribution in [-0.4, -0.2) is 58.5 Å². The van der Waals surface area contributed by atoms with Gasteiger partial charge in [-0.1, -0.05) is 6.08 Å². The second kappa shape index (κ2) is 9.40. The van der Waals surface area contributed by atoms with E-state index in [2.05, 4.69) is 31.3 Å². The minimum atomic E-state index is -0.218. The molecule has 4 aromatic rings. The van der Waals surface area contributed by atoms with Gasteiger partial charge in [0.25, 0.3) is 0 Å². The molecule has 162 valence electrons. The Morgan fingerprint density at radius 1 is 1.09 bits per heavy atom. The molecule has 0 radical (unpaired) electrons. The van der Waals surface area contributed by atoms with Gasteiger partial charge < -0.3 is 19.9 Å². The topological polar surface area (TPSA) is 96.0 Å². The fraction of sp³-hybridized carbons (Fsp3) is 0.167. The first-order valence-electron chi connectivity index (χ1n) is 10.1. The predicted octanol–water partition coefficient (Wildman–Crippen LogP) is 3.75. The Morgan fingerprint density at radius 2 is 1.94 bits per heavy atom. The van der Waals surface area contributed by atoms with Crippen molar-refractivity contribution in [1.82, 2.24) is 24.8 Å². The number of fused-ring (bicyclic) bond motifs is 1. The quantitative estimate of drug-likeness (QED) is 0.435. The van der Waals surface area contributed by atoms with Gasteiger partial charge in [-0.3, -0.25) is 4.79 Å². The van der Waals surface area contributed by atoms with Crippen molar-refractivity contribution in [2.24, 2.45) is 0 Å². The predicted molar refractivity (Wildman–Crippen MR) is 125 cm³/mol. The molecule has 0 bridgehead atoms. The Hall–Kier alpha value is -4.04. The Labute approximate surface area is 186 Å². The second-order valence-electron chi connectivity index (χ2n) is 7.50. The molecule has 0 saturated heterocycles. The molecule has 2 N–H and O–H groups in total. The van der Waals surface area contributed by atoms with Crippen molar-refractivity contribution in [2.45, 2.75) is 0 Å². The van der Waals surface area contributed by atoms with Crippen LogP contribution >= 0.6 is 0 Å². The van der Waals surface area contributed by atoms with E-state index in [1.54, 1.807) is 31.8 Å². The van der Waals surface area contributed by atoms with Crippen molar-refractivity contribution in [2.75, 3.05) is 33.1 Å². The zero-order valence-corrected chi connectivity index (χ0v) is 18.2. The number of methoxy groups -OCH3 is 1. The first kappa shape index (κ1) is 21.2. The van der Waals surface area contributed by atoms with Crippen LogP contribution < -0.4 is 10.1 Å². The number of ether oxygens (including phenoxy) is 1.